The molecule has 144 valence electrons. The smallest absolute Gasteiger partial charge is 0.312 e. The average molecular weight is 395 g/mol. The van der Waals surface area contributed by atoms with E-state index in [0.29, 0.717) is 30.4 Å². The summed E-state index contributed by atoms with van der Waals surface area (Å²) in [6.07, 6.45) is 0. The minimum Gasteiger partial charge on any atom is -0.490 e. The summed E-state index contributed by atoms with van der Waals surface area (Å²) >= 11 is 5.75. The van der Waals surface area contributed by atoms with E-state index in [4.69, 9.17) is 25.8 Å². The van der Waals surface area contributed by atoms with Crippen molar-refractivity contribution in [3.63, 3.8) is 0 Å². The molecule has 0 saturated carbocycles. The Kier molecular flexibility index (Phi) is 7.25. The van der Waals surface area contributed by atoms with Crippen molar-refractivity contribution >= 4 is 28.9 Å². The monoisotopic (exact) mass is 394 g/mol. The Labute approximate surface area is 161 Å². The summed E-state index contributed by atoms with van der Waals surface area (Å²) in [6, 6.07) is 8.94. The van der Waals surface area contributed by atoms with Crippen LogP contribution in [0.2, 0.25) is 5.02 Å². The molecule has 1 N–H and O–H groups in total. The van der Waals surface area contributed by atoms with Gasteiger partial charge in [0.25, 0.3) is 5.91 Å². The minimum atomic E-state index is -0.625. The van der Waals surface area contributed by atoms with E-state index < -0.39 is 17.4 Å². The number of hydrogen-bond acceptors (Lipinski definition) is 6. The molecular formula is C18H19ClN2O6. The van der Waals surface area contributed by atoms with Crippen LogP contribution in [0.15, 0.2) is 36.4 Å². The first-order valence-electron chi connectivity index (χ1n) is 8.20. The number of carbonyl (C=O) groups is 1. The van der Waals surface area contributed by atoms with Crippen molar-refractivity contribution in [1.82, 2.24) is 0 Å². The molecule has 0 aliphatic heterocycles. The number of halogens is 1. The molecule has 0 aromatic heterocycles. The van der Waals surface area contributed by atoms with E-state index in [0.717, 1.165) is 6.07 Å². The number of nitrogens with zero attached hydrogens (tertiary/aromatic N) is 1. The molecule has 2 rings (SSSR count). The molecule has 0 aliphatic carbocycles. The minimum absolute atomic E-state index is 0.0405. The van der Waals surface area contributed by atoms with Crippen LogP contribution in [0.1, 0.15) is 13.8 Å². The van der Waals surface area contributed by atoms with Crippen LogP contribution >= 0.6 is 11.6 Å². The summed E-state index contributed by atoms with van der Waals surface area (Å²) in [7, 11) is 0. The van der Waals surface area contributed by atoms with Gasteiger partial charge in [-0.25, -0.2) is 0 Å². The highest BCUT2D eigenvalue weighted by molar-refractivity contribution is 6.30. The molecule has 0 radical (unpaired) electrons. The maximum Gasteiger partial charge on any atom is 0.312 e. The molecule has 2 aromatic carbocycles. The summed E-state index contributed by atoms with van der Waals surface area (Å²) in [5, 5.41) is 13.9. The van der Waals surface area contributed by atoms with Gasteiger partial charge in [0.2, 0.25) is 0 Å². The van der Waals surface area contributed by atoms with Crippen molar-refractivity contribution in [3.8, 4) is 17.2 Å². The highest BCUT2D eigenvalue weighted by Crippen LogP contribution is 2.31. The molecule has 8 nitrogen and oxygen atoms in total. The van der Waals surface area contributed by atoms with E-state index in [-0.39, 0.29) is 16.5 Å². The second kappa shape index (κ2) is 9.63. The summed E-state index contributed by atoms with van der Waals surface area (Å²) in [4.78, 5) is 22.5. The van der Waals surface area contributed by atoms with E-state index in [2.05, 4.69) is 5.32 Å². The number of carbonyl (C=O) groups excluding carboxylic acids is 1. The topological polar surface area (TPSA) is 99.9 Å². The average Bonchev–Trinajstić information content (AvgIpc) is 2.63. The lowest BCUT2D eigenvalue weighted by Gasteiger charge is -2.13. The van der Waals surface area contributed by atoms with Gasteiger partial charge in [-0.3, -0.25) is 14.9 Å². The van der Waals surface area contributed by atoms with Crippen LogP contribution in [-0.4, -0.2) is 30.7 Å². The number of ether oxygens (including phenoxy) is 3. The number of anilines is 1. The number of nitro benzene ring substituents is 1. The second-order valence-electron chi connectivity index (χ2n) is 5.23. The number of hydrogen-bond donors (Lipinski definition) is 1. The summed E-state index contributed by atoms with van der Waals surface area (Å²) in [6.45, 7) is 4.23. The molecule has 0 atom stereocenters. The van der Waals surface area contributed by atoms with Gasteiger partial charge in [0.05, 0.1) is 18.1 Å². The Morgan fingerprint density at radius 1 is 1.04 bits per heavy atom. The third kappa shape index (κ3) is 5.75. The van der Waals surface area contributed by atoms with Crippen LogP contribution in [0.3, 0.4) is 0 Å². The predicted octanol–water partition coefficient (Wildman–Crippen LogP) is 4.06. The number of amides is 1. The fourth-order valence-corrected chi connectivity index (χ4v) is 2.39. The van der Waals surface area contributed by atoms with Crippen LogP contribution in [0.5, 0.6) is 17.2 Å². The maximum atomic E-state index is 12.1. The molecule has 2 aromatic rings. The maximum absolute atomic E-state index is 12.1. The van der Waals surface area contributed by atoms with Crippen LogP contribution in [0, 0.1) is 10.1 Å². The van der Waals surface area contributed by atoms with Gasteiger partial charge in [-0.2, -0.15) is 0 Å². The molecule has 0 fully saturated rings. The van der Waals surface area contributed by atoms with Gasteiger partial charge in [-0.1, -0.05) is 11.6 Å². The number of nitro groups is 1. The van der Waals surface area contributed by atoms with Crippen molar-refractivity contribution in [3.05, 3.63) is 51.5 Å². The molecule has 27 heavy (non-hydrogen) atoms. The fraction of sp³-hybridized carbons (Fsp3) is 0.278. The predicted molar refractivity (Wildman–Crippen MR) is 101 cm³/mol. The van der Waals surface area contributed by atoms with Crippen molar-refractivity contribution in [1.29, 1.82) is 0 Å². The summed E-state index contributed by atoms with van der Waals surface area (Å²) in [5.41, 5.74) is 0.177. The highest BCUT2D eigenvalue weighted by Gasteiger charge is 2.17. The Morgan fingerprint density at radius 3 is 2.37 bits per heavy atom. The first-order chi connectivity index (χ1) is 12.9. The van der Waals surface area contributed by atoms with Crippen LogP contribution in [0.25, 0.3) is 0 Å². The first-order valence-corrected chi connectivity index (χ1v) is 8.58. The lowest BCUT2D eigenvalue weighted by Crippen LogP contribution is -2.20. The number of benzene rings is 2. The zero-order valence-electron chi connectivity index (χ0n) is 14.9. The van der Waals surface area contributed by atoms with E-state index >= 15 is 0 Å². The van der Waals surface area contributed by atoms with Gasteiger partial charge >= 0.3 is 5.69 Å². The zero-order chi connectivity index (χ0) is 19.8. The lowest BCUT2D eigenvalue weighted by atomic mass is 10.2. The molecule has 0 aliphatic rings. The van der Waals surface area contributed by atoms with Gasteiger partial charge < -0.3 is 19.5 Å². The zero-order valence-corrected chi connectivity index (χ0v) is 15.6. The lowest BCUT2D eigenvalue weighted by molar-refractivity contribution is -0.385. The summed E-state index contributed by atoms with van der Waals surface area (Å²) in [5.74, 6) is 0.559. The Balaban J connectivity index is 2.04. The van der Waals surface area contributed by atoms with E-state index in [1.807, 2.05) is 13.8 Å². The SMILES string of the molecule is CCOc1ccc(NC(=O)COc2ccc(Cl)cc2[N+](=O)[O-])cc1OCC. The molecule has 0 unspecified atom stereocenters. The Hall–Kier alpha value is -3.00. The van der Waals surface area contributed by atoms with Crippen molar-refractivity contribution < 1.29 is 23.9 Å². The largest absolute Gasteiger partial charge is 0.490 e. The normalized spacial score (nSPS) is 10.2. The highest BCUT2D eigenvalue weighted by atomic mass is 35.5. The van der Waals surface area contributed by atoms with Gasteiger partial charge in [0, 0.05) is 22.8 Å². The third-order valence-electron chi connectivity index (χ3n) is 3.30. The van der Waals surface area contributed by atoms with Crippen LogP contribution < -0.4 is 19.5 Å². The second-order valence-corrected chi connectivity index (χ2v) is 5.67. The van der Waals surface area contributed by atoms with E-state index in [9.17, 15) is 14.9 Å². The van der Waals surface area contributed by atoms with Gasteiger partial charge in [-0.05, 0) is 38.1 Å². The first kappa shape index (κ1) is 20.3. The molecule has 0 bridgehead atoms. The van der Waals surface area contributed by atoms with Crippen molar-refractivity contribution in [2.24, 2.45) is 0 Å². The van der Waals surface area contributed by atoms with Gasteiger partial charge in [0.15, 0.2) is 23.9 Å². The van der Waals surface area contributed by atoms with Crippen molar-refractivity contribution in [2.75, 3.05) is 25.1 Å². The van der Waals surface area contributed by atoms with E-state index in [1.165, 1.54) is 12.1 Å². The van der Waals surface area contributed by atoms with Crippen molar-refractivity contribution in [2.45, 2.75) is 13.8 Å². The summed E-state index contributed by atoms with van der Waals surface area (Å²) < 4.78 is 16.2. The molecule has 0 saturated heterocycles. The van der Waals surface area contributed by atoms with Gasteiger partial charge in [0.1, 0.15) is 0 Å². The molecular weight excluding hydrogens is 376 g/mol. The van der Waals surface area contributed by atoms with Crippen LogP contribution in [0.4, 0.5) is 11.4 Å². The Morgan fingerprint density at radius 2 is 1.70 bits per heavy atom. The standard InChI is InChI=1S/C18H19ClN2O6/c1-3-25-16-8-6-13(10-17(16)26-4-2)20-18(22)11-27-15-7-5-12(19)9-14(15)21(23)24/h5-10H,3-4,11H2,1-2H3,(H,20,22). The quantitative estimate of drug-likeness (QED) is 0.508. The number of rotatable bonds is 9. The molecule has 0 heterocycles. The fourth-order valence-electron chi connectivity index (χ4n) is 2.22. The Bertz CT molecular complexity index is 827. The molecule has 9 heteroatoms. The number of nitrogens with one attached hydrogen (secondary N) is 1. The third-order valence-corrected chi connectivity index (χ3v) is 3.54. The van der Waals surface area contributed by atoms with Gasteiger partial charge in [-0.15, -0.1) is 0 Å². The van der Waals surface area contributed by atoms with Crippen LogP contribution in [-0.2, 0) is 4.79 Å². The molecule has 0 spiro atoms. The van der Waals surface area contributed by atoms with E-state index in [1.54, 1.807) is 18.2 Å². The molecule has 1 amide bonds.